The van der Waals surface area contributed by atoms with Crippen LogP contribution in [0.15, 0.2) is 42.5 Å². The van der Waals surface area contributed by atoms with Crippen molar-refractivity contribution in [1.82, 2.24) is 9.80 Å². The number of piperazine rings is 1. The third-order valence-electron chi connectivity index (χ3n) is 6.23. The van der Waals surface area contributed by atoms with E-state index in [1.54, 1.807) is 12.1 Å². The van der Waals surface area contributed by atoms with E-state index in [1.165, 1.54) is 27.8 Å². The van der Waals surface area contributed by atoms with Crippen LogP contribution < -0.4 is 0 Å². The number of aromatic carboxylic acids is 1. The normalized spacial score (nSPS) is 18.2. The van der Waals surface area contributed by atoms with Crippen LogP contribution in [0.2, 0.25) is 0 Å². The fourth-order valence-electron chi connectivity index (χ4n) is 4.16. The Kier molecular flexibility index (Phi) is 7.46. The number of rotatable bonds is 7. The van der Waals surface area contributed by atoms with Crippen molar-refractivity contribution in [3.63, 3.8) is 0 Å². The van der Waals surface area contributed by atoms with Gasteiger partial charge in [0.05, 0.1) is 5.56 Å². The number of aryl methyl sites for hydroxylation is 1. The molecule has 0 aliphatic carbocycles. The van der Waals surface area contributed by atoms with Gasteiger partial charge in [0.2, 0.25) is 0 Å². The third kappa shape index (κ3) is 5.18. The largest absolute Gasteiger partial charge is 0.478 e. The zero-order valence-electron chi connectivity index (χ0n) is 18.7. The van der Waals surface area contributed by atoms with E-state index in [2.05, 4.69) is 61.9 Å². The smallest absolute Gasteiger partial charge is 0.335 e. The van der Waals surface area contributed by atoms with Crippen LogP contribution in [0.3, 0.4) is 0 Å². The van der Waals surface area contributed by atoms with Gasteiger partial charge in [-0.2, -0.15) is 0 Å². The van der Waals surface area contributed by atoms with E-state index in [0.29, 0.717) is 5.56 Å². The number of benzene rings is 2. The zero-order valence-corrected chi connectivity index (χ0v) is 18.7. The lowest BCUT2D eigenvalue weighted by Crippen LogP contribution is -2.46. The number of carbonyl (C=O) groups is 1. The first-order chi connectivity index (χ1) is 14.4. The van der Waals surface area contributed by atoms with Crippen LogP contribution in [0.1, 0.15) is 64.0 Å². The van der Waals surface area contributed by atoms with Gasteiger partial charge in [-0.1, -0.05) is 49.8 Å². The first-order valence-corrected chi connectivity index (χ1v) is 10.9. The summed E-state index contributed by atoms with van der Waals surface area (Å²) in [4.78, 5) is 16.1. The molecule has 2 aromatic rings. The molecule has 0 bridgehead atoms. The van der Waals surface area contributed by atoms with Gasteiger partial charge in [0.25, 0.3) is 0 Å². The Morgan fingerprint density at radius 2 is 1.87 bits per heavy atom. The molecule has 30 heavy (non-hydrogen) atoms. The monoisotopic (exact) mass is 406 g/mol. The molecule has 4 heteroatoms. The number of allylic oxidation sites excluding steroid dienone is 1. The number of carboxylic acid groups (broad SMARTS) is 1. The summed E-state index contributed by atoms with van der Waals surface area (Å²) in [6, 6.07) is 12.1. The molecule has 4 nitrogen and oxygen atoms in total. The Labute approximate surface area is 180 Å². The minimum atomic E-state index is -0.877. The molecular formula is C26H34N2O2. The van der Waals surface area contributed by atoms with Crippen molar-refractivity contribution in [2.75, 3.05) is 26.7 Å². The second-order valence-corrected chi connectivity index (χ2v) is 8.45. The molecule has 1 fully saturated rings. The molecule has 1 N–H and O–H groups in total. The van der Waals surface area contributed by atoms with Crippen molar-refractivity contribution in [3.8, 4) is 0 Å². The zero-order chi connectivity index (χ0) is 21.7. The summed E-state index contributed by atoms with van der Waals surface area (Å²) in [5.41, 5.74) is 6.92. The Morgan fingerprint density at radius 3 is 2.53 bits per heavy atom. The van der Waals surface area contributed by atoms with E-state index in [4.69, 9.17) is 0 Å². The lowest BCUT2D eigenvalue weighted by atomic mass is 9.95. The summed E-state index contributed by atoms with van der Waals surface area (Å²) in [6.07, 6.45) is 6.84. The third-order valence-corrected chi connectivity index (χ3v) is 6.23. The number of nitrogens with zero attached hydrogens (tertiary/aromatic N) is 2. The van der Waals surface area contributed by atoms with Gasteiger partial charge in [0.1, 0.15) is 0 Å². The molecule has 1 aliphatic heterocycles. The highest BCUT2D eigenvalue weighted by molar-refractivity contribution is 5.87. The van der Waals surface area contributed by atoms with Crippen LogP contribution in [-0.2, 0) is 6.54 Å². The van der Waals surface area contributed by atoms with Gasteiger partial charge in [-0.25, -0.2) is 4.79 Å². The van der Waals surface area contributed by atoms with Gasteiger partial charge in [0.15, 0.2) is 0 Å². The quantitative estimate of drug-likeness (QED) is 0.677. The van der Waals surface area contributed by atoms with Crippen LogP contribution >= 0.6 is 0 Å². The van der Waals surface area contributed by atoms with E-state index in [-0.39, 0.29) is 6.04 Å². The highest BCUT2D eigenvalue weighted by Crippen LogP contribution is 2.29. The van der Waals surface area contributed by atoms with E-state index in [1.807, 2.05) is 12.1 Å². The molecule has 1 unspecified atom stereocenters. The summed E-state index contributed by atoms with van der Waals surface area (Å²) >= 11 is 0. The number of carboxylic acids is 1. The molecule has 0 saturated carbocycles. The molecule has 1 aliphatic rings. The maximum absolute atomic E-state index is 11.2. The molecule has 160 valence electrons. The maximum Gasteiger partial charge on any atom is 0.335 e. The van der Waals surface area contributed by atoms with Gasteiger partial charge in [-0.3, -0.25) is 4.90 Å². The molecule has 0 aromatic heterocycles. The molecule has 0 spiro atoms. The van der Waals surface area contributed by atoms with Crippen LogP contribution in [0, 0.1) is 13.8 Å². The average molecular weight is 407 g/mol. The van der Waals surface area contributed by atoms with Crippen molar-refractivity contribution in [1.29, 1.82) is 0 Å². The standard InChI is InChI=1S/C26H34N2O2/c1-5-6-7-8-24-20(3)19(2)9-10-23(24)17-28-16-15-27(4)18-25(28)21-11-13-22(14-12-21)26(29)30/h7-14,25H,5-6,15-18H2,1-4H3,(H,29,30)/b8-7-. The Morgan fingerprint density at radius 1 is 1.13 bits per heavy atom. The van der Waals surface area contributed by atoms with Crippen LogP contribution in [-0.4, -0.2) is 47.6 Å². The molecule has 2 aromatic carbocycles. The van der Waals surface area contributed by atoms with Crippen LogP contribution in [0.25, 0.3) is 6.08 Å². The Balaban J connectivity index is 1.90. The highest BCUT2D eigenvalue weighted by atomic mass is 16.4. The first kappa shape index (κ1) is 22.3. The minimum Gasteiger partial charge on any atom is -0.478 e. The molecular weight excluding hydrogens is 372 g/mol. The summed E-state index contributed by atoms with van der Waals surface area (Å²) < 4.78 is 0. The molecule has 1 saturated heterocycles. The summed E-state index contributed by atoms with van der Waals surface area (Å²) in [6.45, 7) is 10.5. The molecule has 1 atom stereocenters. The van der Waals surface area contributed by atoms with Gasteiger partial charge in [0, 0.05) is 32.2 Å². The molecule has 0 radical (unpaired) electrons. The predicted molar refractivity (Wildman–Crippen MR) is 124 cm³/mol. The second-order valence-electron chi connectivity index (χ2n) is 8.45. The van der Waals surface area contributed by atoms with E-state index < -0.39 is 5.97 Å². The summed E-state index contributed by atoms with van der Waals surface area (Å²) in [5.74, 6) is -0.877. The topological polar surface area (TPSA) is 43.8 Å². The summed E-state index contributed by atoms with van der Waals surface area (Å²) in [5, 5.41) is 9.22. The second kappa shape index (κ2) is 10.1. The number of hydrogen-bond donors (Lipinski definition) is 1. The SMILES string of the molecule is CCC/C=C\c1c(CN2CCN(C)CC2c2ccc(C(=O)O)cc2)ccc(C)c1C. The molecule has 0 amide bonds. The maximum atomic E-state index is 11.2. The van der Waals surface area contributed by atoms with Crippen molar-refractivity contribution in [3.05, 3.63) is 75.9 Å². The lowest BCUT2D eigenvalue weighted by molar-refractivity contribution is 0.0696. The molecule has 3 rings (SSSR count). The Hall–Kier alpha value is -2.43. The van der Waals surface area contributed by atoms with Gasteiger partial charge in [-0.15, -0.1) is 0 Å². The number of unbranched alkanes of at least 4 members (excludes halogenated alkanes) is 1. The van der Waals surface area contributed by atoms with E-state index in [0.717, 1.165) is 39.0 Å². The fraction of sp³-hybridized carbons (Fsp3) is 0.423. The van der Waals surface area contributed by atoms with Gasteiger partial charge >= 0.3 is 5.97 Å². The number of hydrogen-bond acceptors (Lipinski definition) is 3. The average Bonchev–Trinajstić information content (AvgIpc) is 2.74. The van der Waals surface area contributed by atoms with Crippen LogP contribution in [0.4, 0.5) is 0 Å². The van der Waals surface area contributed by atoms with Crippen LogP contribution in [0.5, 0.6) is 0 Å². The van der Waals surface area contributed by atoms with Crippen molar-refractivity contribution >= 4 is 12.0 Å². The van der Waals surface area contributed by atoms with Crippen molar-refractivity contribution < 1.29 is 9.90 Å². The van der Waals surface area contributed by atoms with Gasteiger partial charge < -0.3 is 10.0 Å². The lowest BCUT2D eigenvalue weighted by Gasteiger charge is -2.40. The van der Waals surface area contributed by atoms with E-state index in [9.17, 15) is 9.90 Å². The van der Waals surface area contributed by atoms with Crippen molar-refractivity contribution in [2.24, 2.45) is 0 Å². The van der Waals surface area contributed by atoms with E-state index >= 15 is 0 Å². The Bertz CT molecular complexity index is 902. The molecule has 1 heterocycles. The number of likely N-dealkylation sites (N-methyl/N-ethyl adjacent to an activating group) is 1. The van der Waals surface area contributed by atoms with Gasteiger partial charge in [-0.05, 0) is 67.3 Å². The highest BCUT2D eigenvalue weighted by Gasteiger charge is 2.27. The minimum absolute atomic E-state index is 0.251. The fourth-order valence-corrected chi connectivity index (χ4v) is 4.16. The summed E-state index contributed by atoms with van der Waals surface area (Å²) in [7, 11) is 2.16. The predicted octanol–water partition coefficient (Wildman–Crippen LogP) is 5.30. The first-order valence-electron chi connectivity index (χ1n) is 10.9. The van der Waals surface area contributed by atoms with Crippen molar-refractivity contribution in [2.45, 2.75) is 46.2 Å².